The van der Waals surface area contributed by atoms with Gasteiger partial charge in [-0.2, -0.15) is 0 Å². The number of sulfonamides is 2. The lowest BCUT2D eigenvalue weighted by atomic mass is 10.2. The third-order valence-electron chi connectivity index (χ3n) is 5.59. The van der Waals surface area contributed by atoms with Crippen LogP contribution in [0.2, 0.25) is 0 Å². The molecule has 204 valence electrons. The van der Waals surface area contributed by atoms with Crippen molar-refractivity contribution in [1.82, 2.24) is 0 Å². The van der Waals surface area contributed by atoms with E-state index in [1.807, 2.05) is 19.1 Å². The Morgan fingerprint density at radius 2 is 1.55 bits per heavy atom. The fourth-order valence-electron chi connectivity index (χ4n) is 3.62. The fraction of sp³-hybridized carbons (Fsp3) is 0.269. The lowest BCUT2D eigenvalue weighted by molar-refractivity contribution is -0.116. The van der Waals surface area contributed by atoms with Crippen LogP contribution in [0.3, 0.4) is 0 Å². The van der Waals surface area contributed by atoms with Gasteiger partial charge >= 0.3 is 0 Å². The van der Waals surface area contributed by atoms with Crippen LogP contribution in [0.5, 0.6) is 11.5 Å². The van der Waals surface area contributed by atoms with Crippen molar-refractivity contribution in [2.24, 2.45) is 0 Å². The largest absolute Gasteiger partial charge is 0.497 e. The average molecular weight is 562 g/mol. The smallest absolute Gasteiger partial charge is 0.262 e. The van der Waals surface area contributed by atoms with Crippen molar-refractivity contribution in [1.29, 1.82) is 0 Å². The molecule has 3 aromatic carbocycles. The van der Waals surface area contributed by atoms with Crippen LogP contribution >= 0.6 is 0 Å². The van der Waals surface area contributed by atoms with Gasteiger partial charge in [-0.05, 0) is 61.9 Å². The minimum Gasteiger partial charge on any atom is -0.497 e. The predicted octanol–water partition coefficient (Wildman–Crippen LogP) is 4.00. The Morgan fingerprint density at radius 3 is 2.13 bits per heavy atom. The van der Waals surface area contributed by atoms with Crippen LogP contribution in [0.25, 0.3) is 0 Å². The van der Waals surface area contributed by atoms with Crippen LogP contribution in [-0.2, 0) is 24.8 Å². The average Bonchev–Trinajstić information content (AvgIpc) is 2.86. The predicted molar refractivity (Wildman–Crippen MR) is 148 cm³/mol. The standard InChI is InChI=1S/C26H31N3O7S2/c1-19-7-11-21(12-8-19)29(37(4,31)32)17-5-6-26(30)27-20-9-14-23(15-10-20)38(33,34)28-24-18-22(35-2)13-16-25(24)36-3/h7-16,18,28H,5-6,17H2,1-4H3,(H,27,30). The number of benzene rings is 3. The first kappa shape index (κ1) is 28.8. The molecule has 1 amide bonds. The zero-order valence-corrected chi connectivity index (χ0v) is 23.2. The van der Waals surface area contributed by atoms with Gasteiger partial charge < -0.3 is 14.8 Å². The SMILES string of the molecule is COc1ccc(OC)c(NS(=O)(=O)c2ccc(NC(=O)CCCN(c3ccc(C)cc3)S(C)(=O)=O)cc2)c1. The Bertz CT molecular complexity index is 1470. The van der Waals surface area contributed by atoms with E-state index in [4.69, 9.17) is 9.47 Å². The summed E-state index contributed by atoms with van der Waals surface area (Å²) in [5, 5.41) is 2.70. The topological polar surface area (TPSA) is 131 Å². The first-order valence-corrected chi connectivity index (χ1v) is 15.0. The minimum absolute atomic E-state index is 0.0118. The summed E-state index contributed by atoms with van der Waals surface area (Å²) in [4.78, 5) is 12.4. The molecule has 0 fully saturated rings. The van der Waals surface area contributed by atoms with Crippen molar-refractivity contribution < 1.29 is 31.1 Å². The number of carbonyl (C=O) groups excluding carboxylic acids is 1. The van der Waals surface area contributed by atoms with Crippen molar-refractivity contribution in [2.45, 2.75) is 24.7 Å². The zero-order chi connectivity index (χ0) is 27.9. The third kappa shape index (κ3) is 7.62. The third-order valence-corrected chi connectivity index (χ3v) is 8.16. The van der Waals surface area contributed by atoms with E-state index in [2.05, 4.69) is 10.0 Å². The van der Waals surface area contributed by atoms with E-state index < -0.39 is 20.0 Å². The second kappa shape index (κ2) is 12.2. The summed E-state index contributed by atoms with van der Waals surface area (Å²) >= 11 is 0. The number of hydrogen-bond donors (Lipinski definition) is 2. The van der Waals surface area contributed by atoms with Crippen LogP contribution in [0, 0.1) is 6.92 Å². The number of methoxy groups -OCH3 is 2. The molecule has 0 aliphatic heterocycles. The number of amides is 1. The summed E-state index contributed by atoms with van der Waals surface area (Å²) in [7, 11) is -4.56. The molecule has 0 radical (unpaired) electrons. The number of ether oxygens (including phenoxy) is 2. The Morgan fingerprint density at radius 1 is 0.895 bits per heavy atom. The molecule has 0 unspecified atom stereocenters. The first-order chi connectivity index (χ1) is 17.9. The monoisotopic (exact) mass is 561 g/mol. The summed E-state index contributed by atoms with van der Waals surface area (Å²) in [5.74, 6) is 0.465. The molecule has 0 heterocycles. The molecule has 0 saturated heterocycles. The van der Waals surface area contributed by atoms with Gasteiger partial charge in [0.05, 0.1) is 36.7 Å². The number of hydrogen-bond acceptors (Lipinski definition) is 7. The maximum Gasteiger partial charge on any atom is 0.262 e. The molecule has 0 saturated carbocycles. The highest BCUT2D eigenvalue weighted by molar-refractivity contribution is 7.92. The van der Waals surface area contributed by atoms with Crippen molar-refractivity contribution in [2.75, 3.05) is 41.4 Å². The molecule has 0 aliphatic carbocycles. The van der Waals surface area contributed by atoms with Gasteiger partial charge in [0.15, 0.2) is 0 Å². The Labute approximate surface area is 223 Å². The number of rotatable bonds is 12. The summed E-state index contributed by atoms with van der Waals surface area (Å²) in [6, 6.07) is 17.5. The first-order valence-electron chi connectivity index (χ1n) is 11.6. The number of anilines is 3. The molecule has 0 bridgehead atoms. The van der Waals surface area contributed by atoms with Gasteiger partial charge in [0, 0.05) is 24.7 Å². The van der Waals surface area contributed by atoms with E-state index in [1.165, 1.54) is 48.9 Å². The van der Waals surface area contributed by atoms with Crippen molar-refractivity contribution in [3.63, 3.8) is 0 Å². The quantitative estimate of drug-likeness (QED) is 0.342. The number of nitrogens with one attached hydrogen (secondary N) is 2. The van der Waals surface area contributed by atoms with E-state index in [0.717, 1.165) is 11.8 Å². The maximum atomic E-state index is 12.9. The minimum atomic E-state index is -3.94. The van der Waals surface area contributed by atoms with Crippen molar-refractivity contribution >= 4 is 43.0 Å². The molecular weight excluding hydrogens is 530 g/mol. The number of carbonyl (C=O) groups is 1. The lowest BCUT2D eigenvalue weighted by Gasteiger charge is -2.22. The highest BCUT2D eigenvalue weighted by Crippen LogP contribution is 2.31. The van der Waals surface area contributed by atoms with Gasteiger partial charge in [0.2, 0.25) is 15.9 Å². The van der Waals surface area contributed by atoms with Gasteiger partial charge in [0.25, 0.3) is 10.0 Å². The second-order valence-electron chi connectivity index (χ2n) is 8.52. The molecule has 2 N–H and O–H groups in total. The Hall–Kier alpha value is -3.77. The summed E-state index contributed by atoms with van der Waals surface area (Å²) in [5.41, 5.74) is 2.18. The number of nitrogens with zero attached hydrogens (tertiary/aromatic N) is 1. The van der Waals surface area contributed by atoms with Gasteiger partial charge in [-0.3, -0.25) is 13.8 Å². The van der Waals surface area contributed by atoms with Gasteiger partial charge in [-0.25, -0.2) is 16.8 Å². The molecule has 3 aromatic rings. The molecule has 0 spiro atoms. The van der Waals surface area contributed by atoms with Crippen LogP contribution < -0.4 is 23.8 Å². The zero-order valence-electron chi connectivity index (χ0n) is 21.6. The lowest BCUT2D eigenvalue weighted by Crippen LogP contribution is -2.31. The van der Waals surface area contributed by atoms with E-state index in [1.54, 1.807) is 24.3 Å². The van der Waals surface area contributed by atoms with E-state index >= 15 is 0 Å². The van der Waals surface area contributed by atoms with Crippen molar-refractivity contribution in [3.8, 4) is 11.5 Å². The summed E-state index contributed by atoms with van der Waals surface area (Å²) < 4.78 is 64.3. The van der Waals surface area contributed by atoms with Gasteiger partial charge in [0.1, 0.15) is 11.5 Å². The molecule has 0 atom stereocenters. The molecule has 3 rings (SSSR count). The molecule has 12 heteroatoms. The maximum absolute atomic E-state index is 12.9. The molecule has 38 heavy (non-hydrogen) atoms. The summed E-state index contributed by atoms with van der Waals surface area (Å²) in [6.07, 6.45) is 1.50. The van der Waals surface area contributed by atoms with Crippen molar-refractivity contribution in [3.05, 3.63) is 72.3 Å². The molecule has 0 aliphatic rings. The summed E-state index contributed by atoms with van der Waals surface area (Å²) in [6.45, 7) is 2.06. The Kier molecular flexibility index (Phi) is 9.23. The highest BCUT2D eigenvalue weighted by atomic mass is 32.2. The van der Waals surface area contributed by atoms with Crippen LogP contribution in [0.1, 0.15) is 18.4 Å². The van der Waals surface area contributed by atoms with Gasteiger partial charge in [-0.1, -0.05) is 17.7 Å². The highest BCUT2D eigenvalue weighted by Gasteiger charge is 2.19. The Balaban J connectivity index is 1.60. The van der Waals surface area contributed by atoms with Crippen LogP contribution in [0.15, 0.2) is 71.6 Å². The molecule has 0 aromatic heterocycles. The van der Waals surface area contributed by atoms with Crippen LogP contribution in [-0.4, -0.2) is 49.8 Å². The fourth-order valence-corrected chi connectivity index (χ4v) is 5.65. The molecule has 10 nitrogen and oxygen atoms in total. The molecular formula is C26H31N3O7S2. The van der Waals surface area contributed by atoms with E-state index in [0.29, 0.717) is 29.3 Å². The van der Waals surface area contributed by atoms with Crippen LogP contribution in [0.4, 0.5) is 17.1 Å². The second-order valence-corrected chi connectivity index (χ2v) is 12.1. The number of aryl methyl sites for hydroxylation is 1. The normalized spacial score (nSPS) is 11.5. The van der Waals surface area contributed by atoms with E-state index in [9.17, 15) is 21.6 Å². The van der Waals surface area contributed by atoms with Gasteiger partial charge in [-0.15, -0.1) is 0 Å². The van der Waals surface area contributed by atoms with E-state index in [-0.39, 0.29) is 29.5 Å².